The molecule has 1 fully saturated rings. The molecule has 3 nitrogen and oxygen atoms in total. The van der Waals surface area contributed by atoms with Crippen LogP contribution in [0.1, 0.15) is 57.3 Å². The summed E-state index contributed by atoms with van der Waals surface area (Å²) in [4.78, 5) is 0. The molecule has 0 bridgehead atoms. The summed E-state index contributed by atoms with van der Waals surface area (Å²) in [5.74, 6) is 1.81. The van der Waals surface area contributed by atoms with Gasteiger partial charge in [-0.1, -0.05) is 33.1 Å². The molecule has 1 aromatic heterocycles. The first kappa shape index (κ1) is 15.6. The highest BCUT2D eigenvalue weighted by Gasteiger charge is 2.26. The van der Waals surface area contributed by atoms with E-state index < -0.39 is 0 Å². The molecule has 114 valence electrons. The summed E-state index contributed by atoms with van der Waals surface area (Å²) in [5, 5.41) is 8.14. The van der Waals surface area contributed by atoms with Crippen LogP contribution in [0.2, 0.25) is 0 Å². The second-order valence-corrected chi connectivity index (χ2v) is 6.39. The Bertz CT molecular complexity index is 402. The Morgan fingerprint density at radius 1 is 1.30 bits per heavy atom. The van der Waals surface area contributed by atoms with Crippen LogP contribution in [0.25, 0.3) is 0 Å². The van der Waals surface area contributed by atoms with Crippen molar-refractivity contribution in [2.45, 2.75) is 64.8 Å². The van der Waals surface area contributed by atoms with E-state index >= 15 is 0 Å². The first-order valence-electron chi connectivity index (χ1n) is 8.36. The van der Waals surface area contributed by atoms with Gasteiger partial charge in [-0.05, 0) is 44.2 Å². The van der Waals surface area contributed by atoms with Crippen molar-refractivity contribution in [3.8, 4) is 0 Å². The van der Waals surface area contributed by atoms with Crippen LogP contribution < -0.4 is 5.32 Å². The maximum Gasteiger partial charge on any atom is 0.0624 e. The van der Waals surface area contributed by atoms with Gasteiger partial charge in [-0.3, -0.25) is 4.68 Å². The molecule has 1 heterocycles. The predicted octanol–water partition coefficient (Wildman–Crippen LogP) is 3.33. The number of hydrogen-bond donors (Lipinski definition) is 1. The molecular weight excluding hydrogens is 246 g/mol. The van der Waals surface area contributed by atoms with Crippen molar-refractivity contribution in [1.82, 2.24) is 15.1 Å². The topological polar surface area (TPSA) is 29.9 Å². The van der Waals surface area contributed by atoms with Gasteiger partial charge in [0.2, 0.25) is 0 Å². The zero-order valence-electron chi connectivity index (χ0n) is 13.7. The molecule has 0 aliphatic heterocycles. The van der Waals surface area contributed by atoms with Gasteiger partial charge in [0.05, 0.1) is 5.69 Å². The van der Waals surface area contributed by atoms with Gasteiger partial charge >= 0.3 is 0 Å². The van der Waals surface area contributed by atoms with Gasteiger partial charge in [0.15, 0.2) is 0 Å². The fourth-order valence-electron chi connectivity index (χ4n) is 3.66. The standard InChI is InChI=1S/C17H31N3/c1-5-13-7-9-14(10-8-13)17(18-3)12-16-11-15(6-2)19-20(16)4/h11,13-14,17-18H,5-10,12H2,1-4H3. The molecule has 3 heteroatoms. The summed E-state index contributed by atoms with van der Waals surface area (Å²) in [6.45, 7) is 4.51. The van der Waals surface area contributed by atoms with Crippen molar-refractivity contribution in [3.63, 3.8) is 0 Å². The Morgan fingerprint density at radius 2 is 2.00 bits per heavy atom. The molecule has 1 aromatic rings. The van der Waals surface area contributed by atoms with Crippen molar-refractivity contribution in [2.24, 2.45) is 18.9 Å². The highest BCUT2D eigenvalue weighted by atomic mass is 15.3. The molecule has 1 saturated carbocycles. The van der Waals surface area contributed by atoms with Crippen LogP contribution in [0.15, 0.2) is 6.07 Å². The Labute approximate surface area is 124 Å². The van der Waals surface area contributed by atoms with Crippen LogP contribution in [0.3, 0.4) is 0 Å². The molecule has 20 heavy (non-hydrogen) atoms. The van der Waals surface area contributed by atoms with E-state index in [4.69, 9.17) is 0 Å². The second-order valence-electron chi connectivity index (χ2n) is 6.39. The summed E-state index contributed by atoms with van der Waals surface area (Å²) in [7, 11) is 4.20. The normalized spacial score (nSPS) is 24.8. The van der Waals surface area contributed by atoms with Crippen molar-refractivity contribution >= 4 is 0 Å². The zero-order chi connectivity index (χ0) is 14.5. The minimum atomic E-state index is 0.605. The molecule has 1 N–H and O–H groups in total. The maximum atomic E-state index is 4.58. The lowest BCUT2D eigenvalue weighted by atomic mass is 9.76. The lowest BCUT2D eigenvalue weighted by molar-refractivity contribution is 0.220. The van der Waals surface area contributed by atoms with E-state index in [0.29, 0.717) is 6.04 Å². The highest BCUT2D eigenvalue weighted by Crippen LogP contribution is 2.33. The van der Waals surface area contributed by atoms with Crippen molar-refractivity contribution in [3.05, 3.63) is 17.5 Å². The number of nitrogens with zero attached hydrogens (tertiary/aromatic N) is 2. The molecular formula is C17H31N3. The minimum Gasteiger partial charge on any atom is -0.316 e. The summed E-state index contributed by atoms with van der Waals surface area (Å²) in [6, 6.07) is 2.88. The van der Waals surface area contributed by atoms with E-state index in [9.17, 15) is 0 Å². The van der Waals surface area contributed by atoms with Gasteiger partial charge in [-0.15, -0.1) is 0 Å². The van der Waals surface area contributed by atoms with Crippen molar-refractivity contribution in [1.29, 1.82) is 0 Å². The van der Waals surface area contributed by atoms with Crippen LogP contribution >= 0.6 is 0 Å². The molecule has 0 aromatic carbocycles. The average molecular weight is 277 g/mol. The Morgan fingerprint density at radius 3 is 2.50 bits per heavy atom. The van der Waals surface area contributed by atoms with Crippen molar-refractivity contribution < 1.29 is 0 Å². The average Bonchev–Trinajstić information content (AvgIpc) is 2.85. The van der Waals surface area contributed by atoms with Crippen LogP contribution in [0.4, 0.5) is 0 Å². The summed E-state index contributed by atoms with van der Waals surface area (Å²) in [5.41, 5.74) is 2.59. The van der Waals surface area contributed by atoms with E-state index in [0.717, 1.165) is 24.7 Å². The minimum absolute atomic E-state index is 0.605. The number of hydrogen-bond acceptors (Lipinski definition) is 2. The number of aryl methyl sites for hydroxylation is 2. The highest BCUT2D eigenvalue weighted by molar-refractivity contribution is 5.12. The van der Waals surface area contributed by atoms with Gasteiger partial charge in [-0.2, -0.15) is 5.10 Å². The van der Waals surface area contributed by atoms with Gasteiger partial charge in [0.25, 0.3) is 0 Å². The van der Waals surface area contributed by atoms with Crippen LogP contribution in [-0.2, 0) is 19.9 Å². The predicted molar refractivity (Wildman–Crippen MR) is 84.9 cm³/mol. The first-order valence-corrected chi connectivity index (χ1v) is 8.36. The van der Waals surface area contributed by atoms with E-state index in [1.807, 2.05) is 0 Å². The molecule has 0 saturated heterocycles. The Balaban J connectivity index is 1.96. The quantitative estimate of drug-likeness (QED) is 0.864. The van der Waals surface area contributed by atoms with E-state index in [-0.39, 0.29) is 0 Å². The number of likely N-dealkylation sites (N-methyl/N-ethyl adjacent to an activating group) is 1. The maximum absolute atomic E-state index is 4.58. The third kappa shape index (κ3) is 3.63. The lowest BCUT2D eigenvalue weighted by Crippen LogP contribution is -2.38. The van der Waals surface area contributed by atoms with Gasteiger partial charge in [0, 0.05) is 25.2 Å². The van der Waals surface area contributed by atoms with Gasteiger partial charge in [-0.25, -0.2) is 0 Å². The molecule has 0 amide bonds. The fraction of sp³-hybridized carbons (Fsp3) is 0.824. The lowest BCUT2D eigenvalue weighted by Gasteiger charge is -2.33. The third-order valence-corrected chi connectivity index (χ3v) is 5.23. The monoisotopic (exact) mass is 277 g/mol. The molecule has 1 atom stereocenters. The number of nitrogens with one attached hydrogen (secondary N) is 1. The van der Waals surface area contributed by atoms with Gasteiger partial charge in [0.1, 0.15) is 0 Å². The fourth-order valence-corrected chi connectivity index (χ4v) is 3.66. The molecule has 2 rings (SSSR count). The molecule has 1 aliphatic carbocycles. The van der Waals surface area contributed by atoms with E-state index in [1.54, 1.807) is 0 Å². The number of aromatic nitrogens is 2. The molecule has 1 unspecified atom stereocenters. The summed E-state index contributed by atoms with van der Waals surface area (Å²) >= 11 is 0. The van der Waals surface area contributed by atoms with E-state index in [1.165, 1.54) is 43.5 Å². The van der Waals surface area contributed by atoms with Crippen LogP contribution in [-0.4, -0.2) is 22.9 Å². The zero-order valence-corrected chi connectivity index (χ0v) is 13.7. The van der Waals surface area contributed by atoms with Crippen LogP contribution in [0.5, 0.6) is 0 Å². The molecule has 0 spiro atoms. The Hall–Kier alpha value is -0.830. The second kappa shape index (κ2) is 7.26. The number of rotatable bonds is 6. The third-order valence-electron chi connectivity index (χ3n) is 5.23. The SMILES string of the molecule is CCc1cc(CC(NC)C2CCC(CC)CC2)n(C)n1. The summed E-state index contributed by atoms with van der Waals surface area (Å²) < 4.78 is 2.07. The van der Waals surface area contributed by atoms with Crippen LogP contribution in [0, 0.1) is 11.8 Å². The Kier molecular flexibility index (Phi) is 5.64. The molecule has 0 radical (unpaired) electrons. The van der Waals surface area contributed by atoms with Crippen molar-refractivity contribution in [2.75, 3.05) is 7.05 Å². The summed E-state index contributed by atoms with van der Waals surface area (Å²) in [6.07, 6.45) is 9.13. The smallest absolute Gasteiger partial charge is 0.0624 e. The van der Waals surface area contributed by atoms with E-state index in [2.05, 4.69) is 49.1 Å². The largest absolute Gasteiger partial charge is 0.316 e. The molecule has 1 aliphatic rings. The first-order chi connectivity index (χ1) is 9.67. The van der Waals surface area contributed by atoms with Gasteiger partial charge < -0.3 is 5.32 Å².